The average molecular weight is 307 g/mol. The summed E-state index contributed by atoms with van der Waals surface area (Å²) in [6, 6.07) is 10.7. The number of carbonyl (C=O) groups excluding carboxylic acids is 1. The Labute approximate surface area is 128 Å². The molecule has 1 atom stereocenters. The second kappa shape index (κ2) is 6.59. The quantitative estimate of drug-likeness (QED) is 0.887. The molecule has 0 radical (unpaired) electrons. The second-order valence-corrected chi connectivity index (χ2v) is 5.26. The highest BCUT2D eigenvalue weighted by molar-refractivity contribution is 6.31. The van der Waals surface area contributed by atoms with E-state index < -0.39 is 6.04 Å². The predicted octanol–water partition coefficient (Wildman–Crippen LogP) is 4.23. The standard InChI is InChI=1S/C16H16ClFN2O/c1-10-3-4-12(17)9-15(10)20-16(21)11(2)19-14-7-5-13(18)6-8-14/h3-9,11,19H,1-2H3,(H,20,21). The van der Waals surface area contributed by atoms with Gasteiger partial charge in [-0.3, -0.25) is 4.79 Å². The first-order valence-electron chi connectivity index (χ1n) is 6.55. The van der Waals surface area contributed by atoms with Gasteiger partial charge in [0.05, 0.1) is 0 Å². The van der Waals surface area contributed by atoms with Crippen molar-refractivity contribution in [1.82, 2.24) is 0 Å². The van der Waals surface area contributed by atoms with Gasteiger partial charge in [-0.05, 0) is 55.8 Å². The minimum atomic E-state index is -0.464. The van der Waals surface area contributed by atoms with E-state index in [1.807, 2.05) is 13.0 Å². The molecule has 2 rings (SSSR count). The molecular weight excluding hydrogens is 291 g/mol. The van der Waals surface area contributed by atoms with Crippen LogP contribution in [0.15, 0.2) is 42.5 Å². The number of anilines is 2. The summed E-state index contributed by atoms with van der Waals surface area (Å²) in [5.41, 5.74) is 2.30. The minimum absolute atomic E-state index is 0.190. The normalized spacial score (nSPS) is 11.8. The van der Waals surface area contributed by atoms with Crippen molar-refractivity contribution in [3.05, 3.63) is 58.9 Å². The maximum Gasteiger partial charge on any atom is 0.246 e. The number of nitrogens with one attached hydrogen (secondary N) is 2. The van der Waals surface area contributed by atoms with Crippen LogP contribution in [0.2, 0.25) is 5.02 Å². The van der Waals surface area contributed by atoms with Gasteiger partial charge < -0.3 is 10.6 Å². The molecule has 3 nitrogen and oxygen atoms in total. The molecule has 0 saturated heterocycles. The molecule has 0 bridgehead atoms. The maximum absolute atomic E-state index is 12.8. The third-order valence-electron chi connectivity index (χ3n) is 3.08. The van der Waals surface area contributed by atoms with Crippen LogP contribution < -0.4 is 10.6 Å². The molecule has 0 aliphatic heterocycles. The minimum Gasteiger partial charge on any atom is -0.374 e. The zero-order chi connectivity index (χ0) is 15.4. The topological polar surface area (TPSA) is 41.1 Å². The fourth-order valence-corrected chi connectivity index (χ4v) is 2.00. The number of benzene rings is 2. The van der Waals surface area contributed by atoms with Crippen LogP contribution in [0.3, 0.4) is 0 Å². The van der Waals surface area contributed by atoms with Crippen LogP contribution in [0.5, 0.6) is 0 Å². The largest absolute Gasteiger partial charge is 0.374 e. The van der Waals surface area contributed by atoms with Crippen molar-refractivity contribution in [2.75, 3.05) is 10.6 Å². The Morgan fingerprint density at radius 2 is 1.86 bits per heavy atom. The molecule has 21 heavy (non-hydrogen) atoms. The van der Waals surface area contributed by atoms with Gasteiger partial charge in [0, 0.05) is 16.4 Å². The molecule has 0 aromatic heterocycles. The highest BCUT2D eigenvalue weighted by Gasteiger charge is 2.14. The van der Waals surface area contributed by atoms with E-state index in [1.54, 1.807) is 31.2 Å². The van der Waals surface area contributed by atoms with Gasteiger partial charge in [0.1, 0.15) is 11.9 Å². The van der Waals surface area contributed by atoms with Crippen LogP contribution in [0.25, 0.3) is 0 Å². The van der Waals surface area contributed by atoms with Crippen molar-refractivity contribution in [3.8, 4) is 0 Å². The lowest BCUT2D eigenvalue weighted by Crippen LogP contribution is -2.32. The third kappa shape index (κ3) is 4.20. The molecule has 0 saturated carbocycles. The molecule has 0 aliphatic rings. The van der Waals surface area contributed by atoms with Crippen LogP contribution in [0.4, 0.5) is 15.8 Å². The summed E-state index contributed by atoms with van der Waals surface area (Å²) < 4.78 is 12.8. The number of amides is 1. The van der Waals surface area contributed by atoms with Crippen LogP contribution in [-0.2, 0) is 4.79 Å². The highest BCUT2D eigenvalue weighted by atomic mass is 35.5. The average Bonchev–Trinajstić information content (AvgIpc) is 2.45. The fraction of sp³-hybridized carbons (Fsp3) is 0.188. The zero-order valence-electron chi connectivity index (χ0n) is 11.8. The second-order valence-electron chi connectivity index (χ2n) is 4.82. The van der Waals surface area contributed by atoms with E-state index in [0.717, 1.165) is 5.56 Å². The molecule has 0 heterocycles. The van der Waals surface area contributed by atoms with E-state index in [4.69, 9.17) is 11.6 Å². The first-order valence-corrected chi connectivity index (χ1v) is 6.92. The van der Waals surface area contributed by atoms with Crippen LogP contribution >= 0.6 is 11.6 Å². The van der Waals surface area contributed by atoms with Crippen molar-refractivity contribution in [3.63, 3.8) is 0 Å². The number of hydrogen-bond acceptors (Lipinski definition) is 2. The first kappa shape index (κ1) is 15.3. The summed E-state index contributed by atoms with van der Waals surface area (Å²) in [5.74, 6) is -0.503. The summed E-state index contributed by atoms with van der Waals surface area (Å²) in [4.78, 5) is 12.2. The molecule has 1 amide bonds. The highest BCUT2D eigenvalue weighted by Crippen LogP contribution is 2.20. The molecule has 0 spiro atoms. The Balaban J connectivity index is 2.02. The monoisotopic (exact) mass is 306 g/mol. The van der Waals surface area contributed by atoms with E-state index in [-0.39, 0.29) is 11.7 Å². The molecule has 1 unspecified atom stereocenters. The van der Waals surface area contributed by atoms with Gasteiger partial charge in [0.15, 0.2) is 0 Å². The summed E-state index contributed by atoms with van der Waals surface area (Å²) in [7, 11) is 0. The number of carbonyl (C=O) groups is 1. The smallest absolute Gasteiger partial charge is 0.246 e. The maximum atomic E-state index is 12.8. The Bertz CT molecular complexity index is 643. The van der Waals surface area contributed by atoms with Gasteiger partial charge in [-0.15, -0.1) is 0 Å². The van der Waals surface area contributed by atoms with Crippen molar-refractivity contribution in [2.24, 2.45) is 0 Å². The Kier molecular flexibility index (Phi) is 4.81. The number of halogens is 2. The van der Waals surface area contributed by atoms with E-state index in [0.29, 0.717) is 16.4 Å². The van der Waals surface area contributed by atoms with E-state index in [1.165, 1.54) is 12.1 Å². The lowest BCUT2D eigenvalue weighted by Gasteiger charge is -2.16. The summed E-state index contributed by atoms with van der Waals surface area (Å²) >= 11 is 5.92. The summed E-state index contributed by atoms with van der Waals surface area (Å²) in [6.07, 6.45) is 0. The van der Waals surface area contributed by atoms with Gasteiger partial charge in [-0.2, -0.15) is 0 Å². The summed E-state index contributed by atoms with van der Waals surface area (Å²) in [5, 5.41) is 6.40. The Hall–Kier alpha value is -2.07. The zero-order valence-corrected chi connectivity index (χ0v) is 12.5. The van der Waals surface area contributed by atoms with Crippen molar-refractivity contribution in [2.45, 2.75) is 19.9 Å². The molecule has 2 N–H and O–H groups in total. The number of rotatable bonds is 4. The van der Waals surface area contributed by atoms with E-state index in [9.17, 15) is 9.18 Å². The van der Waals surface area contributed by atoms with Crippen LogP contribution in [-0.4, -0.2) is 11.9 Å². The molecule has 0 aliphatic carbocycles. The van der Waals surface area contributed by atoms with Crippen molar-refractivity contribution in [1.29, 1.82) is 0 Å². The molecule has 5 heteroatoms. The van der Waals surface area contributed by atoms with Gasteiger partial charge >= 0.3 is 0 Å². The van der Waals surface area contributed by atoms with E-state index >= 15 is 0 Å². The lowest BCUT2D eigenvalue weighted by molar-refractivity contribution is -0.116. The molecule has 0 fully saturated rings. The number of hydrogen-bond donors (Lipinski definition) is 2. The predicted molar refractivity (Wildman–Crippen MR) is 84.3 cm³/mol. The van der Waals surface area contributed by atoms with Crippen molar-refractivity contribution < 1.29 is 9.18 Å². The van der Waals surface area contributed by atoms with Crippen molar-refractivity contribution >= 4 is 28.9 Å². The van der Waals surface area contributed by atoms with Gasteiger partial charge in [0.2, 0.25) is 5.91 Å². The van der Waals surface area contributed by atoms with E-state index in [2.05, 4.69) is 10.6 Å². The molecule has 2 aromatic rings. The van der Waals surface area contributed by atoms with Crippen LogP contribution in [0, 0.1) is 12.7 Å². The van der Waals surface area contributed by atoms with Gasteiger partial charge in [-0.25, -0.2) is 4.39 Å². The molecular formula is C16H16ClFN2O. The number of aryl methyl sites for hydroxylation is 1. The van der Waals surface area contributed by atoms with Gasteiger partial charge in [0.25, 0.3) is 0 Å². The summed E-state index contributed by atoms with van der Waals surface area (Å²) in [6.45, 7) is 3.63. The fourth-order valence-electron chi connectivity index (χ4n) is 1.83. The lowest BCUT2D eigenvalue weighted by atomic mass is 10.2. The Morgan fingerprint density at radius 1 is 1.19 bits per heavy atom. The Morgan fingerprint density at radius 3 is 2.52 bits per heavy atom. The molecule has 2 aromatic carbocycles. The SMILES string of the molecule is Cc1ccc(Cl)cc1NC(=O)C(C)Nc1ccc(F)cc1. The molecule has 110 valence electrons. The first-order chi connectivity index (χ1) is 9.95. The third-order valence-corrected chi connectivity index (χ3v) is 3.31. The van der Waals surface area contributed by atoms with Gasteiger partial charge in [-0.1, -0.05) is 17.7 Å². The van der Waals surface area contributed by atoms with Crippen LogP contribution in [0.1, 0.15) is 12.5 Å².